The lowest BCUT2D eigenvalue weighted by Gasteiger charge is -1.98. The molecular weight excluding hydrogens is 128 g/mol. The molecule has 2 aliphatic heterocycles. The zero-order valence-electron chi connectivity index (χ0n) is 5.24. The molecule has 1 N–H and O–H groups in total. The molecule has 0 aromatic heterocycles. The van der Waals surface area contributed by atoms with Gasteiger partial charge in [-0.05, 0) is 12.1 Å². The summed E-state index contributed by atoms with van der Waals surface area (Å²) in [7, 11) is 0. The molecule has 3 rings (SSSR count). The van der Waals surface area contributed by atoms with Crippen LogP contribution in [0.2, 0.25) is 0 Å². The van der Waals surface area contributed by atoms with Crippen LogP contribution in [-0.4, -0.2) is 6.35 Å². The van der Waals surface area contributed by atoms with Crippen LogP contribution in [0.1, 0.15) is 0 Å². The molecule has 1 aromatic rings. The van der Waals surface area contributed by atoms with Crippen LogP contribution >= 0.6 is 0 Å². The first-order valence-corrected chi connectivity index (χ1v) is 3.26. The van der Waals surface area contributed by atoms with Crippen LogP contribution < -0.4 is 15.2 Å². The fourth-order valence-electron chi connectivity index (χ4n) is 1.24. The molecule has 0 spiro atoms. The van der Waals surface area contributed by atoms with Gasteiger partial charge in [-0.15, -0.1) is 0 Å². The van der Waals surface area contributed by atoms with Gasteiger partial charge in [0.05, 0.1) is 5.69 Å². The summed E-state index contributed by atoms with van der Waals surface area (Å²) >= 11 is 0. The lowest BCUT2D eigenvalue weighted by atomic mass is 10.3. The van der Waals surface area contributed by atoms with Crippen molar-refractivity contribution in [1.82, 2.24) is 5.43 Å². The third-order valence-corrected chi connectivity index (χ3v) is 1.78. The molecule has 2 aliphatic rings. The third kappa shape index (κ3) is 0.401. The molecule has 2 heterocycles. The normalized spacial score (nSPS) is 25.2. The number of hydrogen-bond donors (Lipinski definition) is 1. The van der Waals surface area contributed by atoms with Gasteiger partial charge in [0, 0.05) is 0 Å². The maximum atomic E-state index is 5.40. The van der Waals surface area contributed by atoms with Crippen LogP contribution in [0.15, 0.2) is 24.3 Å². The van der Waals surface area contributed by atoms with Crippen LogP contribution in [-0.2, 0) is 0 Å². The standard InChI is InChI=1S/C7H6N2O/c1-2-4-6-5(3-1)9-7(8-9)10-6/h1-4,7-8H. The smallest absolute Gasteiger partial charge is 0.260 e. The van der Waals surface area contributed by atoms with Gasteiger partial charge in [0.15, 0.2) is 0 Å². The topological polar surface area (TPSA) is 34.2 Å². The molecule has 1 fully saturated rings. The zero-order valence-corrected chi connectivity index (χ0v) is 5.24. The summed E-state index contributed by atoms with van der Waals surface area (Å²) in [5.41, 5.74) is 4.18. The number of anilines is 1. The number of nitrogens with one attached hydrogen (secondary N) is 1. The van der Waals surface area contributed by atoms with E-state index in [0.717, 1.165) is 11.4 Å². The molecule has 0 saturated carbocycles. The number of benzene rings is 1. The van der Waals surface area contributed by atoms with E-state index in [1.807, 2.05) is 29.3 Å². The van der Waals surface area contributed by atoms with E-state index in [2.05, 4.69) is 5.43 Å². The highest BCUT2D eigenvalue weighted by molar-refractivity contribution is 5.64. The monoisotopic (exact) mass is 134 g/mol. The molecule has 0 amide bonds. The summed E-state index contributed by atoms with van der Waals surface area (Å²) in [6.45, 7) is 0. The zero-order chi connectivity index (χ0) is 6.55. The molecule has 50 valence electrons. The highest BCUT2D eigenvalue weighted by Crippen LogP contribution is 2.40. The van der Waals surface area contributed by atoms with Gasteiger partial charge in [0.1, 0.15) is 5.75 Å². The van der Waals surface area contributed by atoms with E-state index in [0.29, 0.717) is 0 Å². The van der Waals surface area contributed by atoms with Gasteiger partial charge in [-0.1, -0.05) is 12.1 Å². The van der Waals surface area contributed by atoms with Crippen LogP contribution in [0.25, 0.3) is 0 Å². The second-order valence-corrected chi connectivity index (χ2v) is 2.44. The Balaban J connectivity index is 2.22. The fraction of sp³-hybridized carbons (Fsp3) is 0.143. The highest BCUT2D eigenvalue weighted by atomic mass is 16.6. The highest BCUT2D eigenvalue weighted by Gasteiger charge is 2.43. The molecule has 1 atom stereocenters. The Morgan fingerprint density at radius 3 is 3.20 bits per heavy atom. The van der Waals surface area contributed by atoms with Gasteiger partial charge < -0.3 is 4.74 Å². The second kappa shape index (κ2) is 1.27. The maximum Gasteiger partial charge on any atom is 0.260 e. The predicted molar refractivity (Wildman–Crippen MR) is 36.5 cm³/mol. The maximum absolute atomic E-state index is 5.40. The molecule has 3 nitrogen and oxygen atoms in total. The van der Waals surface area contributed by atoms with Gasteiger partial charge in [-0.3, -0.25) is 0 Å². The number of hydrogen-bond acceptors (Lipinski definition) is 3. The summed E-state index contributed by atoms with van der Waals surface area (Å²) < 4.78 is 5.40. The first kappa shape index (κ1) is 4.57. The van der Waals surface area contributed by atoms with Crippen molar-refractivity contribution in [3.05, 3.63) is 24.3 Å². The third-order valence-electron chi connectivity index (χ3n) is 1.78. The average Bonchev–Trinajstić information content (AvgIpc) is 2.64. The predicted octanol–water partition coefficient (Wildman–Crippen LogP) is 0.687. The lowest BCUT2D eigenvalue weighted by molar-refractivity contribution is 0.312. The Morgan fingerprint density at radius 1 is 1.40 bits per heavy atom. The summed E-state index contributed by atoms with van der Waals surface area (Å²) in [4.78, 5) is 0. The van der Waals surface area contributed by atoms with E-state index in [4.69, 9.17) is 4.74 Å². The first-order chi connectivity index (χ1) is 4.95. The van der Waals surface area contributed by atoms with Crippen molar-refractivity contribution in [2.45, 2.75) is 6.35 Å². The molecular formula is C7H6N2O. The van der Waals surface area contributed by atoms with Crippen molar-refractivity contribution >= 4 is 5.69 Å². The van der Waals surface area contributed by atoms with Crippen molar-refractivity contribution < 1.29 is 4.74 Å². The summed E-state index contributed by atoms with van der Waals surface area (Å²) in [5.74, 6) is 0.978. The van der Waals surface area contributed by atoms with Crippen LogP contribution in [0.5, 0.6) is 5.75 Å². The Hall–Kier alpha value is -1.22. The van der Waals surface area contributed by atoms with E-state index >= 15 is 0 Å². The van der Waals surface area contributed by atoms with Gasteiger partial charge >= 0.3 is 0 Å². The molecule has 1 unspecified atom stereocenters. The van der Waals surface area contributed by atoms with Crippen LogP contribution in [0.3, 0.4) is 0 Å². The van der Waals surface area contributed by atoms with Crippen molar-refractivity contribution in [1.29, 1.82) is 0 Å². The molecule has 0 radical (unpaired) electrons. The molecule has 10 heavy (non-hydrogen) atoms. The summed E-state index contributed by atoms with van der Waals surface area (Å²) in [6, 6.07) is 7.99. The average molecular weight is 134 g/mol. The van der Waals surface area contributed by atoms with Crippen molar-refractivity contribution in [2.24, 2.45) is 0 Å². The second-order valence-electron chi connectivity index (χ2n) is 2.44. The molecule has 0 bridgehead atoms. The SMILES string of the molecule is c1ccc2c(c1)OC1NN21. The minimum atomic E-state index is 0.123. The minimum absolute atomic E-state index is 0.123. The lowest BCUT2D eigenvalue weighted by Crippen LogP contribution is -1.98. The van der Waals surface area contributed by atoms with E-state index in [1.54, 1.807) is 0 Å². The van der Waals surface area contributed by atoms with E-state index < -0.39 is 0 Å². The number of ether oxygens (including phenoxy) is 1. The molecule has 3 heteroatoms. The largest absolute Gasteiger partial charge is 0.452 e. The quantitative estimate of drug-likeness (QED) is 0.530. The Morgan fingerprint density at radius 2 is 2.30 bits per heavy atom. The van der Waals surface area contributed by atoms with E-state index in [-0.39, 0.29) is 6.35 Å². The Labute approximate surface area is 58.2 Å². The van der Waals surface area contributed by atoms with E-state index in [9.17, 15) is 0 Å². The van der Waals surface area contributed by atoms with Crippen molar-refractivity contribution in [3.8, 4) is 5.75 Å². The fourth-order valence-corrected chi connectivity index (χ4v) is 1.24. The van der Waals surface area contributed by atoms with E-state index in [1.165, 1.54) is 0 Å². The number of hydrazine groups is 1. The van der Waals surface area contributed by atoms with Gasteiger partial charge in [0.2, 0.25) is 0 Å². The molecule has 1 saturated heterocycles. The number of nitrogens with zero attached hydrogens (tertiary/aromatic N) is 1. The van der Waals surface area contributed by atoms with Crippen LogP contribution in [0, 0.1) is 0 Å². The van der Waals surface area contributed by atoms with Gasteiger partial charge in [-0.2, -0.15) is 5.43 Å². The Kier molecular flexibility index (Phi) is 0.581. The summed E-state index contributed by atoms with van der Waals surface area (Å²) in [5, 5.41) is 2.00. The number of fused-ring (bicyclic) bond motifs is 3. The van der Waals surface area contributed by atoms with Crippen LogP contribution in [0.4, 0.5) is 5.69 Å². The molecule has 0 aliphatic carbocycles. The van der Waals surface area contributed by atoms with Crippen molar-refractivity contribution in [3.63, 3.8) is 0 Å². The first-order valence-electron chi connectivity index (χ1n) is 3.26. The minimum Gasteiger partial charge on any atom is -0.452 e. The van der Waals surface area contributed by atoms with Gasteiger partial charge in [-0.25, -0.2) is 5.01 Å². The number of para-hydroxylation sites is 2. The number of rotatable bonds is 0. The van der Waals surface area contributed by atoms with Crippen molar-refractivity contribution in [2.75, 3.05) is 5.01 Å². The summed E-state index contributed by atoms with van der Waals surface area (Å²) in [6.07, 6.45) is 0.123. The Bertz CT molecular complexity index is 287. The van der Waals surface area contributed by atoms with Gasteiger partial charge in [0.25, 0.3) is 6.35 Å². The molecule has 1 aromatic carbocycles.